The summed E-state index contributed by atoms with van der Waals surface area (Å²) in [6.45, 7) is 1.02. The quantitative estimate of drug-likeness (QED) is 0.518. The molecule has 2 fully saturated rings. The first-order chi connectivity index (χ1) is 6.77. The molecule has 0 unspecified atom stereocenters. The third-order valence-electron chi connectivity index (χ3n) is 3.45. The molecule has 3 N–H and O–H groups in total. The molecule has 3 nitrogen and oxygen atoms in total. The predicted octanol–water partition coefficient (Wildman–Crippen LogP) is 1.72. The van der Waals surface area contributed by atoms with E-state index in [9.17, 15) is 0 Å². The van der Waals surface area contributed by atoms with Crippen molar-refractivity contribution in [3.05, 3.63) is 0 Å². The minimum Gasteiger partial charge on any atom is -0.388 e. The second-order valence-corrected chi connectivity index (χ2v) is 4.68. The van der Waals surface area contributed by atoms with Crippen LogP contribution in [-0.2, 0) is 0 Å². The van der Waals surface area contributed by atoms with E-state index in [4.69, 9.17) is 11.1 Å². The number of hydrogen-bond acceptors (Lipinski definition) is 2. The van der Waals surface area contributed by atoms with Crippen molar-refractivity contribution < 1.29 is 0 Å². The molecule has 2 aliphatic carbocycles. The number of hydrogen-bond donors (Lipinski definition) is 2. The highest BCUT2D eigenvalue weighted by Crippen LogP contribution is 2.34. The van der Waals surface area contributed by atoms with Crippen LogP contribution in [0, 0.1) is 5.41 Å². The van der Waals surface area contributed by atoms with Crippen LogP contribution in [0.5, 0.6) is 0 Å². The predicted molar refractivity (Wildman–Crippen MR) is 58.5 cm³/mol. The normalized spacial score (nSPS) is 23.2. The molecule has 0 amide bonds. The molecule has 14 heavy (non-hydrogen) atoms. The summed E-state index contributed by atoms with van der Waals surface area (Å²) in [7, 11) is 0. The van der Waals surface area contributed by atoms with Gasteiger partial charge < -0.3 is 5.73 Å². The Morgan fingerprint density at radius 2 is 1.71 bits per heavy atom. The van der Waals surface area contributed by atoms with Gasteiger partial charge in [0.25, 0.3) is 0 Å². The van der Waals surface area contributed by atoms with Gasteiger partial charge in [0.15, 0.2) is 0 Å². The third-order valence-corrected chi connectivity index (χ3v) is 3.45. The summed E-state index contributed by atoms with van der Waals surface area (Å²) < 4.78 is 0. The molecule has 0 aromatic rings. The molecule has 80 valence electrons. The van der Waals surface area contributed by atoms with Crippen LogP contribution < -0.4 is 5.73 Å². The lowest BCUT2D eigenvalue weighted by Gasteiger charge is -2.28. The molecule has 2 saturated carbocycles. The topological polar surface area (TPSA) is 53.1 Å². The molecule has 0 bridgehead atoms. The molecule has 3 heteroatoms. The van der Waals surface area contributed by atoms with Gasteiger partial charge in [0.1, 0.15) is 0 Å². The molecule has 0 heterocycles. The number of nitrogens with zero attached hydrogens (tertiary/aromatic N) is 1. The first kappa shape index (κ1) is 9.97. The van der Waals surface area contributed by atoms with Crippen molar-refractivity contribution in [2.45, 2.75) is 57.0 Å². The number of nitrogens with one attached hydrogen (secondary N) is 1. The highest BCUT2D eigenvalue weighted by molar-refractivity contribution is 5.76. The van der Waals surface area contributed by atoms with Gasteiger partial charge in [0.05, 0.1) is 5.84 Å². The zero-order valence-corrected chi connectivity index (χ0v) is 8.84. The van der Waals surface area contributed by atoms with Crippen LogP contribution in [0.15, 0.2) is 0 Å². The zero-order chi connectivity index (χ0) is 9.97. The van der Waals surface area contributed by atoms with Crippen LogP contribution in [0.2, 0.25) is 0 Å². The fraction of sp³-hybridized carbons (Fsp3) is 0.909. The smallest absolute Gasteiger partial charge is 0.0918 e. The zero-order valence-electron chi connectivity index (χ0n) is 8.84. The molecule has 0 aromatic heterocycles. The fourth-order valence-corrected chi connectivity index (χ4v) is 2.55. The Morgan fingerprint density at radius 3 is 2.21 bits per heavy atom. The van der Waals surface area contributed by atoms with E-state index >= 15 is 0 Å². The lowest BCUT2D eigenvalue weighted by Crippen LogP contribution is -2.37. The standard InChI is InChI=1S/C11H21N3/c12-11(13)7-8-14(10-5-6-10)9-3-1-2-4-9/h9-10H,1-8H2,(H3,12,13). The Kier molecular flexibility index (Phi) is 3.06. The Hall–Kier alpha value is -0.570. The SMILES string of the molecule is N=C(N)CCN(C1CCCC1)C1CC1. The molecule has 2 aliphatic rings. The fourth-order valence-electron chi connectivity index (χ4n) is 2.55. The molecule has 0 radical (unpaired) electrons. The first-order valence-corrected chi connectivity index (χ1v) is 5.86. The molecule has 0 saturated heterocycles. The van der Waals surface area contributed by atoms with Gasteiger partial charge in [-0.05, 0) is 25.7 Å². The van der Waals surface area contributed by atoms with E-state index in [2.05, 4.69) is 4.90 Å². The maximum atomic E-state index is 7.27. The minimum absolute atomic E-state index is 0.341. The maximum Gasteiger partial charge on any atom is 0.0918 e. The molecule has 0 spiro atoms. The first-order valence-electron chi connectivity index (χ1n) is 5.86. The summed E-state index contributed by atoms with van der Waals surface area (Å²) in [6.07, 6.45) is 9.03. The molecular weight excluding hydrogens is 174 g/mol. The van der Waals surface area contributed by atoms with Crippen LogP contribution in [0.4, 0.5) is 0 Å². The van der Waals surface area contributed by atoms with Crippen LogP contribution in [0.1, 0.15) is 44.9 Å². The number of nitrogens with two attached hydrogens (primary N) is 1. The van der Waals surface area contributed by atoms with E-state index in [-0.39, 0.29) is 0 Å². The van der Waals surface area contributed by atoms with Gasteiger partial charge in [0.2, 0.25) is 0 Å². The molecule has 0 atom stereocenters. The van der Waals surface area contributed by atoms with Crippen LogP contribution >= 0.6 is 0 Å². The van der Waals surface area contributed by atoms with Crippen molar-refractivity contribution in [3.8, 4) is 0 Å². The highest BCUT2D eigenvalue weighted by Gasteiger charge is 2.34. The summed E-state index contributed by atoms with van der Waals surface area (Å²) in [5, 5.41) is 7.27. The van der Waals surface area contributed by atoms with Crippen LogP contribution in [0.3, 0.4) is 0 Å². The lowest BCUT2D eigenvalue weighted by atomic mass is 10.2. The van der Waals surface area contributed by atoms with Crippen molar-refractivity contribution in [1.29, 1.82) is 5.41 Å². The molecule has 0 aromatic carbocycles. The second kappa shape index (κ2) is 4.30. The summed E-state index contributed by atoms with van der Waals surface area (Å²) in [6, 6.07) is 1.64. The van der Waals surface area contributed by atoms with Gasteiger partial charge in [-0.25, -0.2) is 0 Å². The van der Waals surface area contributed by atoms with E-state index in [0.717, 1.165) is 25.0 Å². The van der Waals surface area contributed by atoms with E-state index in [1.54, 1.807) is 0 Å². The average Bonchev–Trinajstić information content (AvgIpc) is 2.81. The van der Waals surface area contributed by atoms with Crippen molar-refractivity contribution in [2.24, 2.45) is 5.73 Å². The van der Waals surface area contributed by atoms with Crippen molar-refractivity contribution >= 4 is 5.84 Å². The number of amidine groups is 1. The molecule has 0 aliphatic heterocycles. The summed E-state index contributed by atoms with van der Waals surface area (Å²) in [5.41, 5.74) is 5.42. The maximum absolute atomic E-state index is 7.27. The highest BCUT2D eigenvalue weighted by atomic mass is 15.2. The van der Waals surface area contributed by atoms with Crippen LogP contribution in [0.25, 0.3) is 0 Å². The molecule has 2 rings (SSSR count). The Bertz CT molecular complexity index is 205. The van der Waals surface area contributed by atoms with Gasteiger partial charge in [-0.3, -0.25) is 10.3 Å². The van der Waals surface area contributed by atoms with E-state index in [0.29, 0.717) is 5.84 Å². The van der Waals surface area contributed by atoms with E-state index in [1.165, 1.54) is 38.5 Å². The Morgan fingerprint density at radius 1 is 1.14 bits per heavy atom. The molecular formula is C11H21N3. The van der Waals surface area contributed by atoms with Crippen molar-refractivity contribution in [2.75, 3.05) is 6.54 Å². The van der Waals surface area contributed by atoms with Gasteiger partial charge in [-0.15, -0.1) is 0 Å². The van der Waals surface area contributed by atoms with Gasteiger partial charge in [-0.2, -0.15) is 0 Å². The largest absolute Gasteiger partial charge is 0.388 e. The Labute approximate surface area is 86.2 Å². The summed E-state index contributed by atoms with van der Waals surface area (Å²) in [4.78, 5) is 2.62. The third kappa shape index (κ3) is 2.47. The van der Waals surface area contributed by atoms with Gasteiger partial charge in [0, 0.05) is 25.0 Å². The second-order valence-electron chi connectivity index (χ2n) is 4.68. The Balaban J connectivity index is 1.83. The monoisotopic (exact) mass is 195 g/mol. The summed E-state index contributed by atoms with van der Waals surface area (Å²) in [5.74, 6) is 0.341. The average molecular weight is 195 g/mol. The van der Waals surface area contributed by atoms with Gasteiger partial charge >= 0.3 is 0 Å². The van der Waals surface area contributed by atoms with Gasteiger partial charge in [-0.1, -0.05) is 12.8 Å². The number of rotatable bonds is 5. The van der Waals surface area contributed by atoms with E-state index < -0.39 is 0 Å². The van der Waals surface area contributed by atoms with Crippen molar-refractivity contribution in [3.63, 3.8) is 0 Å². The van der Waals surface area contributed by atoms with Crippen molar-refractivity contribution in [1.82, 2.24) is 4.90 Å². The van der Waals surface area contributed by atoms with E-state index in [1.807, 2.05) is 0 Å². The summed E-state index contributed by atoms with van der Waals surface area (Å²) >= 11 is 0. The minimum atomic E-state index is 0.341. The lowest BCUT2D eigenvalue weighted by molar-refractivity contribution is 0.193. The van der Waals surface area contributed by atoms with Crippen LogP contribution in [-0.4, -0.2) is 29.4 Å².